The minimum Gasteiger partial charge on any atom is -0.497 e. The van der Waals surface area contributed by atoms with Crippen molar-refractivity contribution in [2.45, 2.75) is 13.5 Å². The first kappa shape index (κ1) is 21.6. The number of fused-ring (bicyclic) bond motifs is 2. The molecule has 1 aliphatic rings. The summed E-state index contributed by atoms with van der Waals surface area (Å²) in [4.78, 5) is 13.0. The van der Waals surface area contributed by atoms with Gasteiger partial charge in [-0.25, -0.2) is 0 Å². The maximum Gasteiger partial charge on any atom is 0.231 e. The van der Waals surface area contributed by atoms with Crippen LogP contribution in [0.5, 0.6) is 17.2 Å². The van der Waals surface area contributed by atoms with Crippen molar-refractivity contribution in [2.24, 2.45) is 0 Å². The summed E-state index contributed by atoms with van der Waals surface area (Å²) in [5.41, 5.74) is 3.65. The highest BCUT2D eigenvalue weighted by molar-refractivity contribution is 6.15. The molecule has 0 amide bonds. The van der Waals surface area contributed by atoms with Gasteiger partial charge in [0, 0.05) is 35.3 Å². The smallest absolute Gasteiger partial charge is 0.231 e. The number of aryl methyl sites for hydroxylation is 1. The summed E-state index contributed by atoms with van der Waals surface area (Å²) in [7, 11) is 1.65. The van der Waals surface area contributed by atoms with E-state index in [2.05, 4.69) is 11.5 Å². The monoisotopic (exact) mass is 451 g/mol. The fourth-order valence-electron chi connectivity index (χ4n) is 4.10. The molecule has 0 unspecified atom stereocenters. The Labute approximate surface area is 198 Å². The van der Waals surface area contributed by atoms with Crippen LogP contribution in [-0.4, -0.2) is 24.1 Å². The molecule has 5 nitrogen and oxygen atoms in total. The number of carbonyl (C=O) groups is 1. The topological polar surface area (TPSA) is 49.7 Å². The van der Waals surface area contributed by atoms with E-state index in [4.69, 9.17) is 14.2 Å². The van der Waals surface area contributed by atoms with Gasteiger partial charge in [-0.15, -0.1) is 0 Å². The van der Waals surface area contributed by atoms with Gasteiger partial charge in [0.25, 0.3) is 0 Å². The second kappa shape index (κ2) is 9.32. The number of ether oxygens (including phenoxy) is 3. The molecule has 0 saturated carbocycles. The first-order chi connectivity index (χ1) is 16.7. The lowest BCUT2D eigenvalue weighted by Gasteiger charge is -2.04. The molecule has 1 aliphatic heterocycles. The van der Waals surface area contributed by atoms with Gasteiger partial charge < -0.3 is 18.8 Å². The second-order valence-corrected chi connectivity index (χ2v) is 7.98. The molecule has 0 saturated heterocycles. The molecule has 170 valence electrons. The fraction of sp³-hybridized carbons (Fsp3) is 0.138. The minimum atomic E-state index is -0.134. The van der Waals surface area contributed by atoms with E-state index in [0.717, 1.165) is 34.3 Å². The van der Waals surface area contributed by atoms with Gasteiger partial charge in [0.15, 0.2) is 5.76 Å². The van der Waals surface area contributed by atoms with Gasteiger partial charge in [-0.2, -0.15) is 0 Å². The van der Waals surface area contributed by atoms with E-state index in [9.17, 15) is 4.79 Å². The zero-order valence-electron chi connectivity index (χ0n) is 19.2. The predicted molar refractivity (Wildman–Crippen MR) is 135 cm³/mol. The van der Waals surface area contributed by atoms with Crippen LogP contribution < -0.4 is 14.2 Å². The third kappa shape index (κ3) is 4.20. The molecular formula is C29H25NO4. The first-order valence-electron chi connectivity index (χ1n) is 11.3. The number of rotatable bonds is 7. The van der Waals surface area contributed by atoms with Gasteiger partial charge in [-0.1, -0.05) is 36.4 Å². The summed E-state index contributed by atoms with van der Waals surface area (Å²) in [6.07, 6.45) is 7.80. The van der Waals surface area contributed by atoms with E-state index >= 15 is 0 Å². The average molecular weight is 452 g/mol. The molecule has 4 aromatic rings. The van der Waals surface area contributed by atoms with Crippen molar-refractivity contribution in [3.8, 4) is 17.2 Å². The quantitative estimate of drug-likeness (QED) is 0.306. The lowest BCUT2D eigenvalue weighted by molar-refractivity contribution is 0.101. The molecule has 0 N–H and O–H groups in total. The largest absolute Gasteiger partial charge is 0.497 e. The number of aromatic nitrogens is 1. The van der Waals surface area contributed by atoms with Crippen molar-refractivity contribution in [2.75, 3.05) is 13.7 Å². The molecule has 5 rings (SSSR count). The Morgan fingerprint density at radius 2 is 1.82 bits per heavy atom. The number of ketones is 1. The summed E-state index contributed by atoms with van der Waals surface area (Å²) >= 11 is 0. The maximum absolute atomic E-state index is 13.0. The number of Topliss-reactive ketones (excluding diaryl/α,β-unsaturated/α-hetero) is 1. The molecule has 5 heteroatoms. The molecule has 0 fully saturated rings. The molecule has 3 aromatic carbocycles. The normalized spacial score (nSPS) is 14.1. The second-order valence-electron chi connectivity index (χ2n) is 7.98. The van der Waals surface area contributed by atoms with Crippen molar-refractivity contribution in [1.29, 1.82) is 0 Å². The van der Waals surface area contributed by atoms with Crippen molar-refractivity contribution < 1.29 is 19.0 Å². The Morgan fingerprint density at radius 3 is 2.62 bits per heavy atom. The van der Waals surface area contributed by atoms with Gasteiger partial charge >= 0.3 is 0 Å². The fourth-order valence-corrected chi connectivity index (χ4v) is 4.10. The first-order valence-corrected chi connectivity index (χ1v) is 11.3. The molecule has 0 atom stereocenters. The molecule has 0 radical (unpaired) electrons. The number of allylic oxidation sites excluding steroid dienone is 1. The van der Waals surface area contributed by atoms with Gasteiger partial charge in [-0.05, 0) is 55.0 Å². The molecule has 0 spiro atoms. The standard InChI is InChI=1S/C29H25NO4/c1-3-30-19-21(25-17-22(32-2)12-14-26(25)30)16-28-29(31)24-13-11-23(18-27(24)34-28)33-15-7-10-20-8-5-4-6-9-20/h4-14,16-19H,3,15H2,1-2H3. The third-order valence-electron chi connectivity index (χ3n) is 5.84. The van der Waals surface area contributed by atoms with Crippen LogP contribution >= 0.6 is 0 Å². The van der Waals surface area contributed by atoms with E-state index in [0.29, 0.717) is 29.4 Å². The average Bonchev–Trinajstić information content (AvgIpc) is 3.38. The van der Waals surface area contributed by atoms with E-state index < -0.39 is 0 Å². The van der Waals surface area contributed by atoms with Gasteiger partial charge in [0.2, 0.25) is 5.78 Å². The summed E-state index contributed by atoms with van der Waals surface area (Å²) in [5, 5.41) is 1.01. The summed E-state index contributed by atoms with van der Waals surface area (Å²) < 4.78 is 19.3. The van der Waals surface area contributed by atoms with Crippen LogP contribution in [0.15, 0.2) is 84.8 Å². The van der Waals surface area contributed by atoms with E-state index in [1.54, 1.807) is 31.4 Å². The lowest BCUT2D eigenvalue weighted by Crippen LogP contribution is -1.98. The zero-order chi connectivity index (χ0) is 23.5. The van der Waals surface area contributed by atoms with Crippen LogP contribution in [-0.2, 0) is 6.54 Å². The number of benzene rings is 3. The highest BCUT2D eigenvalue weighted by atomic mass is 16.5. The number of carbonyl (C=O) groups excluding carboxylic acids is 1. The maximum atomic E-state index is 13.0. The Hall–Kier alpha value is -4.25. The highest BCUT2D eigenvalue weighted by Crippen LogP contribution is 2.36. The highest BCUT2D eigenvalue weighted by Gasteiger charge is 2.28. The van der Waals surface area contributed by atoms with Crippen LogP contribution in [0.1, 0.15) is 28.4 Å². The van der Waals surface area contributed by atoms with Crippen molar-refractivity contribution in [1.82, 2.24) is 4.57 Å². The Morgan fingerprint density at radius 1 is 1.00 bits per heavy atom. The molecule has 0 bridgehead atoms. The third-order valence-corrected chi connectivity index (χ3v) is 5.84. The van der Waals surface area contributed by atoms with Crippen LogP contribution in [0, 0.1) is 0 Å². The van der Waals surface area contributed by atoms with Crippen LogP contribution in [0.3, 0.4) is 0 Å². The van der Waals surface area contributed by atoms with Gasteiger partial charge in [-0.3, -0.25) is 4.79 Å². The molecule has 0 aliphatic carbocycles. The van der Waals surface area contributed by atoms with Gasteiger partial charge in [0.1, 0.15) is 23.9 Å². The number of hydrogen-bond donors (Lipinski definition) is 0. The molecule has 34 heavy (non-hydrogen) atoms. The Balaban J connectivity index is 1.36. The SMILES string of the molecule is CCn1cc(C=C2Oc3cc(OCC=Cc4ccccc4)ccc3C2=O)c2cc(OC)ccc21. The lowest BCUT2D eigenvalue weighted by atomic mass is 10.1. The van der Waals surface area contributed by atoms with Crippen LogP contribution in [0.4, 0.5) is 0 Å². The number of methoxy groups -OCH3 is 1. The number of nitrogens with zero attached hydrogens (tertiary/aromatic N) is 1. The molecular weight excluding hydrogens is 426 g/mol. The van der Waals surface area contributed by atoms with E-state index in [1.807, 2.05) is 66.9 Å². The summed E-state index contributed by atoms with van der Waals surface area (Å²) in [5.74, 6) is 2.10. The Kier molecular flexibility index (Phi) is 5.91. The van der Waals surface area contributed by atoms with Crippen molar-refractivity contribution >= 4 is 28.8 Å². The summed E-state index contributed by atoms with van der Waals surface area (Å²) in [6.45, 7) is 3.33. The van der Waals surface area contributed by atoms with Crippen molar-refractivity contribution in [3.63, 3.8) is 0 Å². The Bertz CT molecular complexity index is 1410. The predicted octanol–water partition coefficient (Wildman–Crippen LogP) is 6.38. The number of hydrogen-bond acceptors (Lipinski definition) is 4. The van der Waals surface area contributed by atoms with Crippen molar-refractivity contribution in [3.05, 3.63) is 101 Å². The minimum absolute atomic E-state index is 0.134. The zero-order valence-corrected chi connectivity index (χ0v) is 19.2. The van der Waals surface area contributed by atoms with E-state index in [1.165, 1.54) is 0 Å². The molecule has 2 heterocycles. The van der Waals surface area contributed by atoms with E-state index in [-0.39, 0.29) is 5.78 Å². The summed E-state index contributed by atoms with van der Waals surface area (Å²) in [6, 6.07) is 21.3. The van der Waals surface area contributed by atoms with Crippen LogP contribution in [0.2, 0.25) is 0 Å². The van der Waals surface area contributed by atoms with Gasteiger partial charge in [0.05, 0.1) is 12.7 Å². The molecule has 1 aromatic heterocycles. The van der Waals surface area contributed by atoms with Crippen LogP contribution in [0.25, 0.3) is 23.1 Å².